The number of nitrogens with zero attached hydrogens (tertiary/aromatic N) is 1. The van der Waals surface area contributed by atoms with Crippen LogP contribution in [0.15, 0.2) is 18.2 Å². The van der Waals surface area contributed by atoms with Crippen LogP contribution in [0.4, 0.5) is 4.79 Å². The highest BCUT2D eigenvalue weighted by molar-refractivity contribution is 5.92. The molecule has 0 spiro atoms. The number of esters is 1. The Morgan fingerprint density at radius 2 is 1.72 bits per heavy atom. The van der Waals surface area contributed by atoms with Crippen molar-refractivity contribution in [2.75, 3.05) is 19.7 Å². The van der Waals surface area contributed by atoms with Gasteiger partial charge in [0.05, 0.1) is 13.0 Å². The van der Waals surface area contributed by atoms with Crippen LogP contribution in [0.2, 0.25) is 0 Å². The molecule has 0 radical (unpaired) electrons. The molecule has 4 N–H and O–H groups in total. The fourth-order valence-electron chi connectivity index (χ4n) is 3.94. The molecule has 0 heterocycles. The number of nitrogens with one attached hydrogen (secondary N) is 2. The maximum Gasteiger partial charge on any atom is 0.408 e. The van der Waals surface area contributed by atoms with Crippen LogP contribution in [0.5, 0.6) is 0 Å². The lowest BCUT2D eigenvalue weighted by atomic mass is 9.94. The van der Waals surface area contributed by atoms with E-state index in [9.17, 15) is 24.0 Å². The van der Waals surface area contributed by atoms with Gasteiger partial charge in [-0.15, -0.1) is 0 Å². The molecule has 0 fully saturated rings. The van der Waals surface area contributed by atoms with E-state index in [0.717, 1.165) is 11.1 Å². The highest BCUT2D eigenvalue weighted by atomic mass is 16.6. The van der Waals surface area contributed by atoms with Crippen molar-refractivity contribution >= 4 is 29.8 Å². The van der Waals surface area contributed by atoms with Crippen molar-refractivity contribution in [2.24, 2.45) is 5.73 Å². The molecule has 0 saturated heterocycles. The number of nitrogens with two attached hydrogens (primary N) is 1. The summed E-state index contributed by atoms with van der Waals surface area (Å²) in [6.07, 6.45) is -0.576. The maximum atomic E-state index is 14.0. The summed E-state index contributed by atoms with van der Waals surface area (Å²) in [6, 6.07) is 3.25. The topological polar surface area (TPSA) is 157 Å². The van der Waals surface area contributed by atoms with Gasteiger partial charge in [0.15, 0.2) is 0 Å². The summed E-state index contributed by atoms with van der Waals surface area (Å²) in [7, 11) is 0. The highest BCUT2D eigenvalue weighted by Gasteiger charge is 2.36. The fourth-order valence-corrected chi connectivity index (χ4v) is 3.94. The standard InChI is InChI=1S/C28H44N4O7/c1-8-17-32(26(36)21(13-14-22(29)33)31-27(37)39-28(5,6)7)24(20-12-10-11-18(3)19(20)4)25(35)30-16-15-23(34)38-9-2/h10-12,21,24H,8-9,13-17H2,1-7H3,(H2,29,33)(H,30,35)(H,31,37). The number of hydrogen-bond acceptors (Lipinski definition) is 7. The molecular formula is C28H44N4O7. The fraction of sp³-hybridized carbons (Fsp3) is 0.607. The minimum atomic E-state index is -1.17. The first-order valence-corrected chi connectivity index (χ1v) is 13.3. The average Bonchev–Trinajstić information content (AvgIpc) is 2.82. The van der Waals surface area contributed by atoms with Gasteiger partial charge in [-0.2, -0.15) is 0 Å². The lowest BCUT2D eigenvalue weighted by Gasteiger charge is -2.35. The summed E-state index contributed by atoms with van der Waals surface area (Å²) in [5.41, 5.74) is 6.88. The third-order valence-electron chi connectivity index (χ3n) is 5.85. The van der Waals surface area contributed by atoms with Gasteiger partial charge in [0.25, 0.3) is 0 Å². The minimum Gasteiger partial charge on any atom is -0.466 e. The summed E-state index contributed by atoms with van der Waals surface area (Å²) in [4.78, 5) is 64.9. The molecule has 0 aliphatic rings. The van der Waals surface area contributed by atoms with Crippen LogP contribution in [-0.2, 0) is 28.7 Å². The average molecular weight is 549 g/mol. The van der Waals surface area contributed by atoms with Gasteiger partial charge < -0.3 is 30.7 Å². The molecule has 0 aromatic heterocycles. The molecule has 1 aromatic rings. The first kappa shape index (κ1) is 33.4. The van der Waals surface area contributed by atoms with Crippen molar-refractivity contribution in [3.63, 3.8) is 0 Å². The number of carbonyl (C=O) groups excluding carboxylic acids is 5. The molecule has 39 heavy (non-hydrogen) atoms. The smallest absolute Gasteiger partial charge is 0.408 e. The second-order valence-corrected chi connectivity index (χ2v) is 10.3. The molecule has 0 saturated carbocycles. The van der Waals surface area contributed by atoms with Crippen LogP contribution in [0.1, 0.15) is 83.0 Å². The summed E-state index contributed by atoms with van der Waals surface area (Å²) in [6.45, 7) is 12.8. The molecule has 11 heteroatoms. The molecule has 4 amide bonds. The van der Waals surface area contributed by atoms with Crippen LogP contribution in [0.3, 0.4) is 0 Å². The van der Waals surface area contributed by atoms with E-state index in [1.165, 1.54) is 4.90 Å². The molecule has 218 valence electrons. The zero-order valence-corrected chi connectivity index (χ0v) is 24.2. The van der Waals surface area contributed by atoms with E-state index in [-0.39, 0.29) is 39.0 Å². The van der Waals surface area contributed by atoms with E-state index < -0.39 is 47.5 Å². The van der Waals surface area contributed by atoms with E-state index in [4.69, 9.17) is 15.2 Å². The Morgan fingerprint density at radius 1 is 1.05 bits per heavy atom. The quantitative estimate of drug-likeness (QED) is 0.302. The van der Waals surface area contributed by atoms with Crippen molar-refractivity contribution < 1.29 is 33.4 Å². The van der Waals surface area contributed by atoms with Gasteiger partial charge in [-0.05, 0) is 71.1 Å². The van der Waals surface area contributed by atoms with E-state index in [0.29, 0.717) is 12.0 Å². The second kappa shape index (κ2) is 15.7. The van der Waals surface area contributed by atoms with E-state index in [2.05, 4.69) is 10.6 Å². The molecule has 2 atom stereocenters. The number of rotatable bonds is 14. The summed E-state index contributed by atoms with van der Waals surface area (Å²) in [5.74, 6) is -2.13. The van der Waals surface area contributed by atoms with Crippen LogP contribution in [0.25, 0.3) is 0 Å². The first-order chi connectivity index (χ1) is 18.2. The maximum absolute atomic E-state index is 14.0. The molecule has 0 aliphatic carbocycles. The second-order valence-electron chi connectivity index (χ2n) is 10.3. The van der Waals surface area contributed by atoms with E-state index >= 15 is 0 Å². The lowest BCUT2D eigenvalue weighted by Crippen LogP contribution is -2.53. The monoisotopic (exact) mass is 548 g/mol. The predicted molar refractivity (Wildman–Crippen MR) is 147 cm³/mol. The summed E-state index contributed by atoms with van der Waals surface area (Å²) >= 11 is 0. The Balaban J connectivity index is 3.45. The Bertz CT molecular complexity index is 1020. The van der Waals surface area contributed by atoms with Gasteiger partial charge in [0.2, 0.25) is 17.7 Å². The van der Waals surface area contributed by atoms with E-state index in [1.54, 1.807) is 39.8 Å². The molecule has 0 bridgehead atoms. The Hall–Kier alpha value is -3.63. The molecule has 11 nitrogen and oxygen atoms in total. The SMILES string of the molecule is CCCN(C(=O)C(CCC(N)=O)NC(=O)OC(C)(C)C)C(C(=O)NCCC(=O)OCC)c1cccc(C)c1C. The van der Waals surface area contributed by atoms with E-state index in [1.807, 2.05) is 26.8 Å². The van der Waals surface area contributed by atoms with Crippen molar-refractivity contribution in [2.45, 2.75) is 91.8 Å². The molecule has 1 rings (SSSR count). The number of aryl methyl sites for hydroxylation is 1. The highest BCUT2D eigenvalue weighted by Crippen LogP contribution is 2.28. The van der Waals surface area contributed by atoms with Crippen LogP contribution >= 0.6 is 0 Å². The largest absolute Gasteiger partial charge is 0.466 e. The number of primary amides is 1. The Kier molecular flexibility index (Phi) is 13.4. The molecule has 2 unspecified atom stereocenters. The number of carbonyl (C=O) groups is 5. The van der Waals surface area contributed by atoms with Crippen molar-refractivity contribution in [1.29, 1.82) is 0 Å². The number of alkyl carbamates (subject to hydrolysis) is 1. The summed E-state index contributed by atoms with van der Waals surface area (Å²) < 4.78 is 10.3. The van der Waals surface area contributed by atoms with Crippen LogP contribution in [0, 0.1) is 13.8 Å². The third kappa shape index (κ3) is 11.3. The predicted octanol–water partition coefficient (Wildman–Crippen LogP) is 2.81. The zero-order valence-electron chi connectivity index (χ0n) is 24.2. The number of benzene rings is 1. The molecule has 0 aliphatic heterocycles. The van der Waals surface area contributed by atoms with Crippen LogP contribution in [-0.4, -0.2) is 66.0 Å². The van der Waals surface area contributed by atoms with Gasteiger partial charge >= 0.3 is 12.1 Å². The number of amides is 4. The molecular weight excluding hydrogens is 504 g/mol. The Labute approximate surface area is 231 Å². The number of ether oxygens (including phenoxy) is 2. The van der Waals surface area contributed by atoms with Gasteiger partial charge in [-0.1, -0.05) is 25.1 Å². The van der Waals surface area contributed by atoms with Gasteiger partial charge in [0.1, 0.15) is 17.7 Å². The van der Waals surface area contributed by atoms with Crippen molar-refractivity contribution in [3.8, 4) is 0 Å². The summed E-state index contributed by atoms with van der Waals surface area (Å²) in [5, 5.41) is 5.31. The first-order valence-electron chi connectivity index (χ1n) is 13.3. The Morgan fingerprint density at radius 3 is 2.28 bits per heavy atom. The van der Waals surface area contributed by atoms with Crippen LogP contribution < -0.4 is 16.4 Å². The van der Waals surface area contributed by atoms with Gasteiger partial charge in [-0.25, -0.2) is 4.79 Å². The number of hydrogen-bond donors (Lipinski definition) is 3. The zero-order chi connectivity index (χ0) is 29.8. The van der Waals surface area contributed by atoms with Crippen molar-refractivity contribution in [1.82, 2.24) is 15.5 Å². The van der Waals surface area contributed by atoms with Gasteiger partial charge in [-0.3, -0.25) is 19.2 Å². The minimum absolute atomic E-state index is 0.0223. The van der Waals surface area contributed by atoms with Crippen molar-refractivity contribution in [3.05, 3.63) is 34.9 Å². The normalized spacial score (nSPS) is 12.6. The third-order valence-corrected chi connectivity index (χ3v) is 5.85. The lowest BCUT2D eigenvalue weighted by molar-refractivity contribution is -0.144. The van der Waals surface area contributed by atoms with Gasteiger partial charge in [0, 0.05) is 19.5 Å². The molecule has 1 aromatic carbocycles.